The number of esters is 1. The zero-order valence-corrected chi connectivity index (χ0v) is 19.7. The van der Waals surface area contributed by atoms with Crippen molar-refractivity contribution >= 4 is 46.7 Å². The van der Waals surface area contributed by atoms with E-state index >= 15 is 0 Å². The molecule has 1 heterocycles. The molecule has 172 valence electrons. The smallest absolute Gasteiger partial charge is 0.343 e. The lowest BCUT2D eigenvalue weighted by Crippen LogP contribution is -2.34. The molecule has 3 aromatic rings. The summed E-state index contributed by atoms with van der Waals surface area (Å²) in [6.07, 6.45) is 0.527. The van der Waals surface area contributed by atoms with E-state index in [0.29, 0.717) is 28.4 Å². The van der Waals surface area contributed by atoms with Crippen molar-refractivity contribution in [2.45, 2.75) is 13.3 Å². The van der Waals surface area contributed by atoms with E-state index < -0.39 is 17.8 Å². The van der Waals surface area contributed by atoms with Gasteiger partial charge in [-0.25, -0.2) is 4.79 Å². The maximum atomic E-state index is 12.8. The van der Waals surface area contributed by atoms with Gasteiger partial charge in [-0.15, -0.1) is 0 Å². The monoisotopic (exact) mass is 494 g/mol. The summed E-state index contributed by atoms with van der Waals surface area (Å²) in [5, 5.41) is 3.29. The van der Waals surface area contributed by atoms with Crippen molar-refractivity contribution < 1.29 is 19.1 Å². The third-order valence-corrected chi connectivity index (χ3v) is 5.89. The van der Waals surface area contributed by atoms with E-state index in [0.717, 1.165) is 16.0 Å². The average molecular weight is 495 g/mol. The molecule has 8 heteroatoms. The summed E-state index contributed by atoms with van der Waals surface area (Å²) < 4.78 is 5.43. The van der Waals surface area contributed by atoms with Crippen LogP contribution in [0.4, 0.5) is 5.69 Å². The summed E-state index contributed by atoms with van der Waals surface area (Å²) in [5.74, 6) is -1.15. The van der Waals surface area contributed by atoms with E-state index in [4.69, 9.17) is 27.9 Å². The number of amides is 2. The summed E-state index contributed by atoms with van der Waals surface area (Å²) in [7, 11) is 0. The molecule has 0 bridgehead atoms. The molecule has 1 N–H and O–H groups in total. The maximum absolute atomic E-state index is 12.8. The van der Waals surface area contributed by atoms with Gasteiger partial charge in [0.05, 0.1) is 5.56 Å². The first-order valence-corrected chi connectivity index (χ1v) is 11.2. The minimum absolute atomic E-state index is 0.00634. The highest BCUT2D eigenvalue weighted by Gasteiger charge is 2.37. The van der Waals surface area contributed by atoms with Crippen LogP contribution < -0.4 is 10.1 Å². The molecule has 0 fully saturated rings. The third-order valence-electron chi connectivity index (χ3n) is 5.31. The number of carbonyl (C=O) groups excluding carboxylic acids is 3. The predicted octanol–water partition coefficient (Wildman–Crippen LogP) is 5.34. The number of nitrogens with one attached hydrogen (secondary N) is 1. The van der Waals surface area contributed by atoms with Crippen LogP contribution in [0.15, 0.2) is 83.5 Å². The Bertz CT molecular complexity index is 1290. The number of hydrogen-bond acceptors (Lipinski definition) is 5. The molecule has 0 aliphatic carbocycles. The van der Waals surface area contributed by atoms with Gasteiger partial charge in [-0.2, -0.15) is 0 Å². The molecular weight excluding hydrogens is 475 g/mol. The van der Waals surface area contributed by atoms with Crippen LogP contribution in [0.5, 0.6) is 5.75 Å². The highest BCUT2D eigenvalue weighted by molar-refractivity contribution is 6.48. The minimum atomic E-state index is -0.538. The standard InChI is InChI=1S/C26H20Cl2N2O4/c1-16-15-19(27)9-12-21(16)34-26(33)18-7-10-20(11-8-18)29-23-22(28)24(31)30(25(23)32)14-13-17-5-3-2-4-6-17/h2-12,15,29H,13-14H2,1H3. The van der Waals surface area contributed by atoms with E-state index in [1.54, 1.807) is 49.4 Å². The molecule has 0 unspecified atom stereocenters. The Morgan fingerprint density at radius 2 is 1.65 bits per heavy atom. The Morgan fingerprint density at radius 1 is 0.941 bits per heavy atom. The van der Waals surface area contributed by atoms with Crippen LogP contribution in [0.1, 0.15) is 21.5 Å². The summed E-state index contributed by atoms with van der Waals surface area (Å²) in [5.41, 5.74) is 2.57. The van der Waals surface area contributed by atoms with Crippen molar-refractivity contribution in [3.63, 3.8) is 0 Å². The van der Waals surface area contributed by atoms with Gasteiger partial charge in [-0.05, 0) is 66.9 Å². The molecule has 0 radical (unpaired) electrons. The van der Waals surface area contributed by atoms with Crippen molar-refractivity contribution in [2.24, 2.45) is 0 Å². The van der Waals surface area contributed by atoms with Gasteiger partial charge in [0.15, 0.2) is 0 Å². The second-order valence-electron chi connectivity index (χ2n) is 7.69. The van der Waals surface area contributed by atoms with Crippen molar-refractivity contribution in [3.8, 4) is 5.75 Å². The summed E-state index contributed by atoms with van der Waals surface area (Å²) in [6, 6.07) is 20.9. The van der Waals surface area contributed by atoms with Crippen LogP contribution in [0.25, 0.3) is 0 Å². The number of imide groups is 1. The van der Waals surface area contributed by atoms with Crippen LogP contribution in [-0.4, -0.2) is 29.2 Å². The topological polar surface area (TPSA) is 75.7 Å². The fourth-order valence-corrected chi connectivity index (χ4v) is 3.92. The van der Waals surface area contributed by atoms with Gasteiger partial charge in [0.2, 0.25) is 0 Å². The molecule has 1 aliphatic heterocycles. The minimum Gasteiger partial charge on any atom is -0.423 e. The molecule has 2 amide bonds. The Balaban J connectivity index is 1.40. The van der Waals surface area contributed by atoms with E-state index in [9.17, 15) is 14.4 Å². The number of benzene rings is 3. The number of aryl methyl sites for hydroxylation is 1. The van der Waals surface area contributed by atoms with E-state index in [2.05, 4.69) is 5.32 Å². The Morgan fingerprint density at radius 3 is 2.32 bits per heavy atom. The van der Waals surface area contributed by atoms with Crippen LogP contribution in [0, 0.1) is 6.92 Å². The number of rotatable bonds is 7. The molecule has 0 spiro atoms. The van der Waals surface area contributed by atoms with Crippen molar-refractivity contribution in [2.75, 3.05) is 11.9 Å². The number of hydrogen-bond donors (Lipinski definition) is 1. The Hall–Kier alpha value is -3.61. The number of carbonyl (C=O) groups is 3. The largest absolute Gasteiger partial charge is 0.423 e. The second kappa shape index (κ2) is 10.1. The van der Waals surface area contributed by atoms with Gasteiger partial charge in [0, 0.05) is 17.3 Å². The number of anilines is 1. The third kappa shape index (κ3) is 5.14. The first kappa shape index (κ1) is 23.5. The number of halogens is 2. The van der Waals surface area contributed by atoms with Crippen LogP contribution in [0.3, 0.4) is 0 Å². The highest BCUT2D eigenvalue weighted by atomic mass is 35.5. The molecule has 1 aliphatic rings. The molecule has 3 aromatic carbocycles. The zero-order valence-electron chi connectivity index (χ0n) is 18.2. The lowest BCUT2D eigenvalue weighted by Gasteiger charge is -2.15. The maximum Gasteiger partial charge on any atom is 0.343 e. The number of nitrogens with zero attached hydrogens (tertiary/aromatic N) is 1. The van der Waals surface area contributed by atoms with Gasteiger partial charge >= 0.3 is 5.97 Å². The molecule has 0 aromatic heterocycles. The molecule has 34 heavy (non-hydrogen) atoms. The lowest BCUT2D eigenvalue weighted by atomic mass is 10.1. The SMILES string of the molecule is Cc1cc(Cl)ccc1OC(=O)c1ccc(NC2=C(Cl)C(=O)N(CCc3ccccc3)C2=O)cc1. The molecule has 0 saturated carbocycles. The summed E-state index contributed by atoms with van der Waals surface area (Å²) in [6.45, 7) is 2.01. The van der Waals surface area contributed by atoms with Gasteiger partial charge < -0.3 is 10.1 Å². The van der Waals surface area contributed by atoms with Gasteiger partial charge in [-0.3, -0.25) is 14.5 Å². The van der Waals surface area contributed by atoms with Gasteiger partial charge in [0.1, 0.15) is 16.5 Å². The normalized spacial score (nSPS) is 13.4. The Labute approximate surface area is 206 Å². The van der Waals surface area contributed by atoms with E-state index in [-0.39, 0.29) is 17.3 Å². The average Bonchev–Trinajstić information content (AvgIpc) is 3.03. The molecule has 6 nitrogen and oxygen atoms in total. The molecule has 0 atom stereocenters. The van der Waals surface area contributed by atoms with Crippen molar-refractivity contribution in [1.82, 2.24) is 4.90 Å². The molecule has 0 saturated heterocycles. The fraction of sp³-hybridized carbons (Fsp3) is 0.115. The summed E-state index contributed by atoms with van der Waals surface area (Å²) in [4.78, 5) is 38.9. The van der Waals surface area contributed by atoms with E-state index in [1.807, 2.05) is 30.3 Å². The predicted molar refractivity (Wildman–Crippen MR) is 131 cm³/mol. The summed E-state index contributed by atoms with van der Waals surface area (Å²) >= 11 is 12.1. The quantitative estimate of drug-likeness (QED) is 0.272. The van der Waals surface area contributed by atoms with Gasteiger partial charge in [-0.1, -0.05) is 53.5 Å². The first-order chi connectivity index (χ1) is 16.3. The van der Waals surface area contributed by atoms with Crippen molar-refractivity contribution in [1.29, 1.82) is 0 Å². The van der Waals surface area contributed by atoms with Crippen LogP contribution in [-0.2, 0) is 16.0 Å². The van der Waals surface area contributed by atoms with E-state index in [1.165, 1.54) is 0 Å². The van der Waals surface area contributed by atoms with Crippen LogP contribution in [0.2, 0.25) is 5.02 Å². The van der Waals surface area contributed by atoms with Crippen molar-refractivity contribution in [3.05, 3.63) is 105 Å². The fourth-order valence-electron chi connectivity index (χ4n) is 3.46. The highest BCUT2D eigenvalue weighted by Crippen LogP contribution is 2.27. The van der Waals surface area contributed by atoms with Gasteiger partial charge in [0.25, 0.3) is 11.8 Å². The number of ether oxygens (including phenoxy) is 1. The first-order valence-electron chi connectivity index (χ1n) is 10.5. The zero-order chi connectivity index (χ0) is 24.2. The second-order valence-corrected chi connectivity index (χ2v) is 8.50. The lowest BCUT2D eigenvalue weighted by molar-refractivity contribution is -0.137. The molecule has 4 rings (SSSR count). The van der Waals surface area contributed by atoms with Crippen LogP contribution >= 0.6 is 23.2 Å². The molecular formula is C26H20Cl2N2O4. The Kier molecular flexibility index (Phi) is 7.01.